The van der Waals surface area contributed by atoms with Crippen LogP contribution in [0.5, 0.6) is 0 Å². The van der Waals surface area contributed by atoms with Crippen molar-refractivity contribution >= 4 is 34.9 Å². The van der Waals surface area contributed by atoms with Gasteiger partial charge in [0.05, 0.1) is 4.92 Å². The summed E-state index contributed by atoms with van der Waals surface area (Å²) in [5.74, 6) is 1.11. The molecule has 0 aliphatic carbocycles. The minimum absolute atomic E-state index is 0.0470. The molecule has 3 aromatic rings. The predicted octanol–water partition coefficient (Wildman–Crippen LogP) is 2.68. The summed E-state index contributed by atoms with van der Waals surface area (Å²) < 4.78 is 0. The average molecular weight is 392 g/mol. The van der Waals surface area contributed by atoms with Crippen molar-refractivity contribution in [2.75, 3.05) is 41.7 Å². The Balaban J connectivity index is 1.68. The minimum Gasteiger partial charge on any atom is -0.338 e. The number of nitro groups is 1. The van der Waals surface area contributed by atoms with Crippen LogP contribution in [0.2, 0.25) is 0 Å². The molecule has 148 valence electrons. The Hall–Kier alpha value is -3.79. The fourth-order valence-corrected chi connectivity index (χ4v) is 2.99. The third-order valence-electron chi connectivity index (χ3n) is 4.40. The van der Waals surface area contributed by atoms with E-state index < -0.39 is 4.92 Å². The largest absolute Gasteiger partial charge is 0.338 e. The van der Waals surface area contributed by atoms with Crippen LogP contribution in [0.3, 0.4) is 0 Å². The van der Waals surface area contributed by atoms with E-state index in [-0.39, 0.29) is 11.6 Å². The molecule has 2 heterocycles. The quantitative estimate of drug-likeness (QED) is 0.429. The number of aromatic nitrogens is 3. The van der Waals surface area contributed by atoms with E-state index in [1.807, 2.05) is 30.3 Å². The molecule has 1 aliphatic heterocycles. The molecule has 0 atom stereocenters. The van der Waals surface area contributed by atoms with Gasteiger partial charge in [0.1, 0.15) is 5.69 Å². The zero-order chi connectivity index (χ0) is 20.1. The van der Waals surface area contributed by atoms with Gasteiger partial charge >= 0.3 is 0 Å². The number of piperazine rings is 1. The molecular formula is C19H20N8O2. The van der Waals surface area contributed by atoms with Gasteiger partial charge in [-0.05, 0) is 18.2 Å². The lowest BCUT2D eigenvalue weighted by Gasteiger charge is -2.27. The van der Waals surface area contributed by atoms with Crippen LogP contribution in [0.15, 0.2) is 54.6 Å². The van der Waals surface area contributed by atoms with E-state index >= 15 is 0 Å². The van der Waals surface area contributed by atoms with Crippen LogP contribution < -0.4 is 20.9 Å². The molecule has 1 aliphatic rings. The second-order valence-corrected chi connectivity index (χ2v) is 6.41. The molecule has 3 N–H and O–H groups in total. The number of para-hydroxylation sites is 3. The van der Waals surface area contributed by atoms with Gasteiger partial charge in [0, 0.05) is 37.9 Å². The second-order valence-electron chi connectivity index (χ2n) is 6.41. The maximum absolute atomic E-state index is 11.3. The Morgan fingerprint density at radius 3 is 2.28 bits per heavy atom. The number of nitrogens with one attached hydrogen (secondary N) is 3. The maximum atomic E-state index is 11.3. The normalized spacial score (nSPS) is 13.7. The summed E-state index contributed by atoms with van der Waals surface area (Å²) in [6, 6.07) is 15.9. The molecule has 1 saturated heterocycles. The van der Waals surface area contributed by atoms with Gasteiger partial charge < -0.3 is 20.9 Å². The Bertz CT molecular complexity index is 993. The van der Waals surface area contributed by atoms with Crippen LogP contribution in [0.1, 0.15) is 0 Å². The standard InChI is InChI=1S/C19H20N8O2/c28-27(29)16-9-5-4-8-15(16)22-18-23-17(21-14-6-2-1-3-7-14)24-19(25-18)26-12-10-20-11-13-26/h1-9,20H,10-13H2,(H2,21,22,23,24,25). The predicted molar refractivity (Wildman–Crippen MR) is 111 cm³/mol. The Morgan fingerprint density at radius 1 is 0.897 bits per heavy atom. The molecule has 0 radical (unpaired) electrons. The van der Waals surface area contributed by atoms with Gasteiger partial charge in [-0.1, -0.05) is 30.3 Å². The molecule has 0 bridgehead atoms. The summed E-state index contributed by atoms with van der Waals surface area (Å²) >= 11 is 0. The fourth-order valence-electron chi connectivity index (χ4n) is 2.99. The summed E-state index contributed by atoms with van der Waals surface area (Å²) in [5, 5.41) is 20.8. The smallest absolute Gasteiger partial charge is 0.292 e. The third-order valence-corrected chi connectivity index (χ3v) is 4.40. The van der Waals surface area contributed by atoms with E-state index in [1.54, 1.807) is 18.2 Å². The molecule has 0 unspecified atom stereocenters. The van der Waals surface area contributed by atoms with E-state index in [9.17, 15) is 10.1 Å². The molecule has 0 amide bonds. The summed E-state index contributed by atoms with van der Waals surface area (Å²) in [6.45, 7) is 3.19. The van der Waals surface area contributed by atoms with Gasteiger partial charge in [0.2, 0.25) is 17.8 Å². The van der Waals surface area contributed by atoms with Crippen molar-refractivity contribution in [1.82, 2.24) is 20.3 Å². The lowest BCUT2D eigenvalue weighted by Crippen LogP contribution is -2.44. The first-order valence-electron chi connectivity index (χ1n) is 9.23. The van der Waals surface area contributed by atoms with Crippen LogP contribution in [-0.4, -0.2) is 46.1 Å². The number of rotatable bonds is 6. The van der Waals surface area contributed by atoms with Crippen molar-refractivity contribution in [3.8, 4) is 0 Å². The number of nitrogens with zero attached hydrogens (tertiary/aromatic N) is 5. The summed E-state index contributed by atoms with van der Waals surface area (Å²) in [7, 11) is 0. The number of nitro benzene ring substituents is 1. The number of hydrogen-bond acceptors (Lipinski definition) is 9. The lowest BCUT2D eigenvalue weighted by molar-refractivity contribution is -0.383. The zero-order valence-corrected chi connectivity index (χ0v) is 15.6. The molecule has 1 fully saturated rings. The fraction of sp³-hybridized carbons (Fsp3) is 0.211. The number of anilines is 5. The monoisotopic (exact) mass is 392 g/mol. The highest BCUT2D eigenvalue weighted by Crippen LogP contribution is 2.27. The molecule has 10 heteroatoms. The second kappa shape index (κ2) is 8.48. The van der Waals surface area contributed by atoms with Crippen LogP contribution >= 0.6 is 0 Å². The molecule has 1 aromatic heterocycles. The first-order chi connectivity index (χ1) is 14.2. The highest BCUT2D eigenvalue weighted by atomic mass is 16.6. The van der Waals surface area contributed by atoms with Crippen molar-refractivity contribution in [3.05, 3.63) is 64.7 Å². The van der Waals surface area contributed by atoms with Gasteiger partial charge in [-0.15, -0.1) is 0 Å². The van der Waals surface area contributed by atoms with Crippen LogP contribution in [0.25, 0.3) is 0 Å². The van der Waals surface area contributed by atoms with E-state index in [4.69, 9.17) is 0 Å². The minimum atomic E-state index is -0.441. The lowest BCUT2D eigenvalue weighted by atomic mass is 10.3. The Morgan fingerprint density at radius 2 is 1.55 bits per heavy atom. The number of hydrogen-bond donors (Lipinski definition) is 3. The van der Waals surface area contributed by atoms with E-state index in [2.05, 4.69) is 35.8 Å². The SMILES string of the molecule is O=[N+]([O-])c1ccccc1Nc1nc(Nc2ccccc2)nc(N2CCNCC2)n1. The average Bonchev–Trinajstić information content (AvgIpc) is 2.75. The highest BCUT2D eigenvalue weighted by molar-refractivity contribution is 5.67. The van der Waals surface area contributed by atoms with Crippen molar-refractivity contribution in [3.63, 3.8) is 0 Å². The molecule has 2 aromatic carbocycles. The first-order valence-corrected chi connectivity index (χ1v) is 9.23. The topological polar surface area (TPSA) is 121 Å². The van der Waals surface area contributed by atoms with Gasteiger partial charge in [-0.3, -0.25) is 10.1 Å². The third kappa shape index (κ3) is 4.55. The molecule has 0 spiro atoms. The van der Waals surface area contributed by atoms with Crippen molar-refractivity contribution in [2.24, 2.45) is 0 Å². The van der Waals surface area contributed by atoms with Crippen LogP contribution in [0.4, 0.5) is 34.9 Å². The Kier molecular flexibility index (Phi) is 5.43. The molecule has 0 saturated carbocycles. The summed E-state index contributed by atoms with van der Waals surface area (Å²) in [5.41, 5.74) is 1.11. The number of benzene rings is 2. The molecule has 10 nitrogen and oxygen atoms in total. The molecular weight excluding hydrogens is 372 g/mol. The van der Waals surface area contributed by atoms with Gasteiger partial charge in [-0.2, -0.15) is 15.0 Å². The Labute approximate surface area is 167 Å². The first kappa shape index (κ1) is 18.6. The van der Waals surface area contributed by atoms with Crippen molar-refractivity contribution < 1.29 is 4.92 Å². The highest BCUT2D eigenvalue weighted by Gasteiger charge is 2.18. The van der Waals surface area contributed by atoms with Crippen molar-refractivity contribution in [2.45, 2.75) is 0 Å². The van der Waals surface area contributed by atoms with E-state index in [1.165, 1.54) is 6.07 Å². The molecule has 29 heavy (non-hydrogen) atoms. The van der Waals surface area contributed by atoms with E-state index in [0.29, 0.717) is 17.6 Å². The maximum Gasteiger partial charge on any atom is 0.292 e. The summed E-state index contributed by atoms with van der Waals surface area (Å²) in [4.78, 5) is 26.4. The molecule has 4 rings (SSSR count). The van der Waals surface area contributed by atoms with Crippen LogP contribution in [-0.2, 0) is 0 Å². The van der Waals surface area contributed by atoms with Crippen LogP contribution in [0, 0.1) is 10.1 Å². The van der Waals surface area contributed by atoms with Gasteiger partial charge in [0.25, 0.3) is 5.69 Å². The summed E-state index contributed by atoms with van der Waals surface area (Å²) in [6.07, 6.45) is 0. The van der Waals surface area contributed by atoms with Gasteiger partial charge in [-0.25, -0.2) is 0 Å². The van der Waals surface area contributed by atoms with E-state index in [0.717, 1.165) is 31.9 Å². The van der Waals surface area contributed by atoms with Gasteiger partial charge in [0.15, 0.2) is 0 Å². The zero-order valence-electron chi connectivity index (χ0n) is 15.6. The van der Waals surface area contributed by atoms with Crippen molar-refractivity contribution in [1.29, 1.82) is 0 Å².